The zero-order chi connectivity index (χ0) is 25.3. The van der Waals surface area contributed by atoms with E-state index in [1.807, 2.05) is 0 Å². The average Bonchev–Trinajstić information content (AvgIpc) is 2.84. The number of hydrogen-bond donors (Lipinski definition) is 6. The number of phenols is 1. The molecule has 1 heterocycles. The van der Waals surface area contributed by atoms with Crippen molar-refractivity contribution in [1.82, 2.24) is 4.90 Å². The van der Waals surface area contributed by atoms with Crippen LogP contribution in [0.3, 0.4) is 0 Å². The first-order valence-electron chi connectivity index (χ1n) is 11.2. The monoisotopic (exact) mass is 491 g/mol. The molecule has 0 aromatic heterocycles. The largest absolute Gasteiger partial charge is 0.508 e. The number of carboxylic acids is 2. The molecule has 1 saturated heterocycles. The van der Waals surface area contributed by atoms with Crippen molar-refractivity contribution in [3.05, 3.63) is 65.7 Å². The van der Waals surface area contributed by atoms with E-state index in [9.17, 15) is 19.8 Å². The number of phenolic OH excluding ortho intramolecular Hbond substituents is 1. The van der Waals surface area contributed by atoms with Gasteiger partial charge in [-0.05, 0) is 68.5 Å². The highest BCUT2D eigenvalue weighted by molar-refractivity contribution is 5.83. The van der Waals surface area contributed by atoms with Crippen molar-refractivity contribution in [2.75, 3.05) is 13.1 Å². The predicted octanol–water partition coefficient (Wildman–Crippen LogP) is 2.28. The lowest BCUT2D eigenvalue weighted by atomic mass is 9.89. The number of benzene rings is 2. The van der Waals surface area contributed by atoms with Gasteiger partial charge in [0.25, 0.3) is 0 Å². The van der Waals surface area contributed by atoms with Gasteiger partial charge in [0.1, 0.15) is 5.75 Å². The second-order valence-electron chi connectivity index (χ2n) is 8.51. The molecule has 6 N–H and O–H groups in total. The molecule has 3 rings (SSSR count). The Hall–Kier alpha value is -2.98. The maximum Gasteiger partial charge on any atom is 0.335 e. The predicted molar refractivity (Wildman–Crippen MR) is 131 cm³/mol. The Balaban J connectivity index is 0.000000477. The Morgan fingerprint density at radius 2 is 1.37 bits per heavy atom. The molecular formula is C26H37NO8. The van der Waals surface area contributed by atoms with Gasteiger partial charge < -0.3 is 30.6 Å². The molecule has 0 amide bonds. The lowest BCUT2D eigenvalue weighted by Crippen LogP contribution is -2.43. The third-order valence-corrected chi connectivity index (χ3v) is 6.09. The summed E-state index contributed by atoms with van der Waals surface area (Å²) >= 11 is 0. The van der Waals surface area contributed by atoms with Crippen molar-refractivity contribution in [3.8, 4) is 5.75 Å². The van der Waals surface area contributed by atoms with Crippen molar-refractivity contribution in [2.24, 2.45) is 5.92 Å². The first-order chi connectivity index (χ1) is 16.1. The van der Waals surface area contributed by atoms with Crippen LogP contribution in [0.2, 0.25) is 0 Å². The highest BCUT2D eigenvalue weighted by atomic mass is 16.4. The van der Waals surface area contributed by atoms with Crippen molar-refractivity contribution >= 4 is 11.9 Å². The normalized spacial score (nSPS) is 17.6. The van der Waals surface area contributed by atoms with Crippen LogP contribution in [0.4, 0.5) is 0 Å². The number of hydrogen-bond acceptors (Lipinski definition) is 7. The van der Waals surface area contributed by atoms with Crippen molar-refractivity contribution in [3.63, 3.8) is 0 Å². The van der Waals surface area contributed by atoms with E-state index in [1.165, 1.54) is 18.4 Å². The summed E-state index contributed by atoms with van der Waals surface area (Å²) in [5, 5.41) is 52.5. The van der Waals surface area contributed by atoms with E-state index in [2.05, 4.69) is 42.2 Å². The van der Waals surface area contributed by atoms with Crippen LogP contribution in [0.15, 0.2) is 54.6 Å². The van der Waals surface area contributed by atoms with Crippen molar-refractivity contribution in [2.45, 2.75) is 58.0 Å². The molecule has 1 aliphatic heterocycles. The number of rotatable bonds is 8. The Kier molecular flexibility index (Phi) is 12.4. The molecule has 4 atom stereocenters. The molecule has 194 valence electrons. The minimum absolute atomic E-state index is 0. The highest BCUT2D eigenvalue weighted by Gasteiger charge is 2.29. The van der Waals surface area contributed by atoms with E-state index >= 15 is 0 Å². The molecule has 9 nitrogen and oxygen atoms in total. The lowest BCUT2D eigenvalue weighted by molar-refractivity contribution is -0.165. The fraction of sp³-hybridized carbons (Fsp3) is 0.462. The summed E-state index contributed by atoms with van der Waals surface area (Å²) in [5.41, 5.74) is 2.29. The van der Waals surface area contributed by atoms with Gasteiger partial charge in [0.15, 0.2) is 12.2 Å². The van der Waals surface area contributed by atoms with Crippen LogP contribution < -0.4 is 0 Å². The van der Waals surface area contributed by atoms with Gasteiger partial charge in [-0.1, -0.05) is 49.9 Å². The molecule has 1 fully saturated rings. The van der Waals surface area contributed by atoms with E-state index in [0.29, 0.717) is 0 Å². The zero-order valence-electron chi connectivity index (χ0n) is 19.1. The number of carboxylic acid groups (broad SMARTS) is 2. The molecule has 0 aliphatic carbocycles. The third kappa shape index (κ3) is 9.29. The maximum atomic E-state index is 10.6. The Labute approximate surface area is 205 Å². The van der Waals surface area contributed by atoms with Crippen molar-refractivity contribution in [1.29, 1.82) is 0 Å². The number of carbonyl (C=O) groups is 2. The summed E-state index contributed by atoms with van der Waals surface area (Å²) in [4.78, 5) is 21.9. The smallest absolute Gasteiger partial charge is 0.335 e. The molecule has 0 saturated carbocycles. The van der Waals surface area contributed by atoms with Crippen LogP contribution in [0, 0.1) is 5.92 Å². The van der Waals surface area contributed by atoms with Gasteiger partial charge >= 0.3 is 11.9 Å². The van der Waals surface area contributed by atoms with Gasteiger partial charge in [0.2, 0.25) is 0 Å². The minimum Gasteiger partial charge on any atom is -0.508 e. The second-order valence-corrected chi connectivity index (χ2v) is 8.51. The van der Waals surface area contributed by atoms with Gasteiger partial charge in [-0.25, -0.2) is 9.59 Å². The lowest BCUT2D eigenvalue weighted by Gasteiger charge is -2.38. The Morgan fingerprint density at radius 1 is 0.886 bits per heavy atom. The number of aromatic hydroxyl groups is 1. The number of likely N-dealkylation sites (tertiary alicyclic amines) is 1. The van der Waals surface area contributed by atoms with Gasteiger partial charge in [-0.15, -0.1) is 0 Å². The second kappa shape index (κ2) is 14.4. The summed E-state index contributed by atoms with van der Waals surface area (Å²) in [7, 11) is 0. The summed E-state index contributed by atoms with van der Waals surface area (Å²) in [6.07, 6.45) is -1.53. The summed E-state index contributed by atoms with van der Waals surface area (Å²) in [6, 6.07) is 17.7. The quantitative estimate of drug-likeness (QED) is 0.326. The van der Waals surface area contributed by atoms with Crippen LogP contribution >= 0.6 is 0 Å². The number of nitrogens with zero attached hydrogens (tertiary/aromatic N) is 1. The average molecular weight is 492 g/mol. The van der Waals surface area contributed by atoms with Gasteiger partial charge in [0, 0.05) is 6.04 Å². The van der Waals surface area contributed by atoms with E-state index in [0.717, 1.165) is 31.0 Å². The highest BCUT2D eigenvalue weighted by Crippen LogP contribution is 2.28. The first-order valence-corrected chi connectivity index (χ1v) is 11.2. The molecule has 1 aliphatic rings. The van der Waals surface area contributed by atoms with Crippen LogP contribution in [-0.4, -0.2) is 78.8 Å². The standard InChI is InChI=1S/C21H27NO2.C4H6O6.CH4/c1-16(21(24)19-7-9-20(23)10-8-19)22-13-11-18(12-14-22)15-17-5-3-2-4-6-17;5-1(3(7)8)2(6)4(9)10;/h2-10,16,18,21,23-24H,11-15H2,1H3;1-2,5-6H,(H,7,8)(H,9,10);1H4/t;1-,2-;/m.1./s1. The van der Waals surface area contributed by atoms with Gasteiger partial charge in [-0.3, -0.25) is 4.90 Å². The summed E-state index contributed by atoms with van der Waals surface area (Å²) in [6.45, 7) is 4.16. The van der Waals surface area contributed by atoms with E-state index in [4.69, 9.17) is 20.4 Å². The maximum absolute atomic E-state index is 10.6. The van der Waals surface area contributed by atoms with Crippen LogP contribution in [0.5, 0.6) is 5.75 Å². The van der Waals surface area contributed by atoms with Crippen LogP contribution in [-0.2, 0) is 16.0 Å². The number of aliphatic hydroxyl groups is 3. The summed E-state index contributed by atoms with van der Waals surface area (Å²) in [5.74, 6) is -2.56. The third-order valence-electron chi connectivity index (χ3n) is 6.09. The van der Waals surface area contributed by atoms with Gasteiger partial charge in [-0.2, -0.15) is 0 Å². The fourth-order valence-corrected chi connectivity index (χ4v) is 3.93. The molecule has 0 bridgehead atoms. The van der Waals surface area contributed by atoms with Gasteiger partial charge in [0.05, 0.1) is 6.10 Å². The van der Waals surface area contributed by atoms with E-state index in [-0.39, 0.29) is 19.2 Å². The molecule has 0 radical (unpaired) electrons. The van der Waals surface area contributed by atoms with Crippen molar-refractivity contribution < 1.29 is 40.2 Å². The van der Waals surface area contributed by atoms with E-state index in [1.54, 1.807) is 24.3 Å². The molecular weight excluding hydrogens is 454 g/mol. The molecule has 35 heavy (non-hydrogen) atoms. The molecule has 2 unspecified atom stereocenters. The van der Waals surface area contributed by atoms with Crippen LogP contribution in [0.1, 0.15) is 44.4 Å². The Bertz CT molecular complexity index is 879. The SMILES string of the molecule is C.CC(C(O)c1ccc(O)cc1)N1CCC(Cc2ccccc2)CC1.O=C(O)[C@H](O)[C@@H](O)C(=O)O. The Morgan fingerprint density at radius 3 is 1.83 bits per heavy atom. The topological polar surface area (TPSA) is 159 Å². The molecule has 0 spiro atoms. The van der Waals surface area contributed by atoms with Crippen LogP contribution in [0.25, 0.3) is 0 Å². The zero-order valence-corrected chi connectivity index (χ0v) is 19.1. The number of aliphatic carboxylic acids is 2. The molecule has 9 heteroatoms. The van der Waals surface area contributed by atoms with E-state index < -0.39 is 30.3 Å². The molecule has 2 aromatic carbocycles. The number of aliphatic hydroxyl groups excluding tert-OH is 3. The number of piperidine rings is 1. The molecule has 2 aromatic rings. The minimum atomic E-state index is -2.27. The first kappa shape index (κ1) is 30.1. The fourth-order valence-electron chi connectivity index (χ4n) is 3.93. The summed E-state index contributed by atoms with van der Waals surface area (Å²) < 4.78 is 0.